The third-order valence-corrected chi connectivity index (χ3v) is 7.10. The van der Waals surface area contributed by atoms with Gasteiger partial charge in [-0.1, -0.05) is 31.7 Å². The lowest BCUT2D eigenvalue weighted by atomic mass is 10.0. The molecule has 0 saturated carbocycles. The molecule has 0 spiro atoms. The summed E-state index contributed by atoms with van der Waals surface area (Å²) in [5.74, 6) is -2.71. The van der Waals surface area contributed by atoms with E-state index < -0.39 is 47.3 Å². The topological polar surface area (TPSA) is 177 Å². The molecule has 1 aromatic carbocycles. The van der Waals surface area contributed by atoms with Gasteiger partial charge < -0.3 is 21.1 Å². The Morgan fingerprint density at radius 1 is 1.02 bits per heavy atom. The molecule has 1 unspecified atom stereocenters. The fraction of sp³-hybridized carbons (Fsp3) is 0.600. The van der Waals surface area contributed by atoms with Crippen LogP contribution in [0.3, 0.4) is 0 Å². The molecule has 1 saturated heterocycles. The van der Waals surface area contributed by atoms with E-state index in [1.807, 2.05) is 0 Å². The van der Waals surface area contributed by atoms with Gasteiger partial charge in [0.25, 0.3) is 11.8 Å². The number of nitrogens with two attached hydrogens (primary N) is 1. The van der Waals surface area contributed by atoms with Crippen LogP contribution in [0.15, 0.2) is 18.2 Å². The average Bonchev–Trinajstić information content (AvgIpc) is 3.17. The zero-order valence-corrected chi connectivity index (χ0v) is 24.8. The summed E-state index contributed by atoms with van der Waals surface area (Å²) in [7, 11) is 0. The van der Waals surface area contributed by atoms with E-state index in [4.69, 9.17) is 10.5 Å². The molecule has 42 heavy (non-hydrogen) atoms. The fourth-order valence-electron chi connectivity index (χ4n) is 4.94. The Balaban J connectivity index is 1.28. The van der Waals surface area contributed by atoms with Gasteiger partial charge in [0.2, 0.25) is 17.7 Å². The van der Waals surface area contributed by atoms with E-state index in [1.165, 1.54) is 0 Å². The number of benzene rings is 1. The standard InChI is InChI=1S/C30H43N5O7/c1-30(2,3)42-29(41)20(31)13-15-23(36)33-18-9-7-5-4-6-8-17-32-21-12-10-11-19-25(21)28(40)35(27(19)39)22-14-16-24(37)34-26(22)38/h10-12,20,22,32H,4-9,13-18,31H2,1-3H3,(H,33,36)(H,34,37,38)/t20-,22?/m0/s1. The van der Waals surface area contributed by atoms with E-state index in [0.717, 1.165) is 43.4 Å². The second-order valence-electron chi connectivity index (χ2n) is 11.8. The summed E-state index contributed by atoms with van der Waals surface area (Å²) < 4.78 is 5.22. The van der Waals surface area contributed by atoms with Gasteiger partial charge in [0.05, 0.1) is 11.1 Å². The van der Waals surface area contributed by atoms with Gasteiger partial charge in [0, 0.05) is 31.6 Å². The zero-order chi connectivity index (χ0) is 30.9. The Bertz CT molecular complexity index is 1190. The van der Waals surface area contributed by atoms with Crippen molar-refractivity contribution >= 4 is 41.2 Å². The van der Waals surface area contributed by atoms with Gasteiger partial charge in [-0.3, -0.25) is 39.0 Å². The number of hydrogen-bond acceptors (Lipinski definition) is 9. The van der Waals surface area contributed by atoms with Crippen LogP contribution in [0.25, 0.3) is 0 Å². The lowest BCUT2D eigenvalue weighted by Crippen LogP contribution is -2.54. The Morgan fingerprint density at radius 3 is 2.36 bits per heavy atom. The van der Waals surface area contributed by atoms with Crippen LogP contribution < -0.4 is 21.7 Å². The van der Waals surface area contributed by atoms with Gasteiger partial charge in [-0.15, -0.1) is 0 Å². The molecular formula is C30H43N5O7. The maximum absolute atomic E-state index is 13.1. The summed E-state index contributed by atoms with van der Waals surface area (Å²) in [5, 5.41) is 8.33. The molecule has 2 aliphatic heterocycles. The van der Waals surface area contributed by atoms with Gasteiger partial charge in [-0.25, -0.2) is 0 Å². The molecule has 1 fully saturated rings. The molecule has 0 aliphatic carbocycles. The molecule has 2 atom stereocenters. The van der Waals surface area contributed by atoms with Gasteiger partial charge in [0.1, 0.15) is 17.7 Å². The number of piperidine rings is 1. The third kappa shape index (κ3) is 9.10. The number of carbonyl (C=O) groups excluding carboxylic acids is 6. The van der Waals surface area contributed by atoms with Gasteiger partial charge >= 0.3 is 5.97 Å². The summed E-state index contributed by atoms with van der Waals surface area (Å²) in [6.07, 6.45) is 6.34. The van der Waals surface area contributed by atoms with E-state index >= 15 is 0 Å². The molecule has 2 heterocycles. The molecule has 1 aromatic rings. The minimum absolute atomic E-state index is 0.0795. The Hall–Kier alpha value is -3.80. The maximum atomic E-state index is 13.1. The molecular weight excluding hydrogens is 542 g/mol. The number of anilines is 1. The maximum Gasteiger partial charge on any atom is 0.323 e. The summed E-state index contributed by atoms with van der Waals surface area (Å²) in [5.41, 5.74) is 6.29. The first-order chi connectivity index (χ1) is 19.9. The molecule has 0 bridgehead atoms. The number of unbranched alkanes of at least 4 members (excludes halogenated alkanes) is 5. The molecule has 3 rings (SSSR count). The van der Waals surface area contributed by atoms with Crippen molar-refractivity contribution in [2.75, 3.05) is 18.4 Å². The van der Waals surface area contributed by atoms with Crippen molar-refractivity contribution in [1.29, 1.82) is 0 Å². The van der Waals surface area contributed by atoms with Crippen LogP contribution in [-0.2, 0) is 23.9 Å². The molecule has 230 valence electrons. The average molecular weight is 586 g/mol. The normalized spacial score (nSPS) is 17.5. The van der Waals surface area contributed by atoms with Crippen LogP contribution in [0.2, 0.25) is 0 Å². The lowest BCUT2D eigenvalue weighted by Gasteiger charge is -2.27. The number of nitrogens with one attached hydrogen (secondary N) is 3. The van der Waals surface area contributed by atoms with Crippen LogP contribution in [-0.4, -0.2) is 71.2 Å². The van der Waals surface area contributed by atoms with Gasteiger partial charge in [-0.05, 0) is 58.6 Å². The van der Waals surface area contributed by atoms with Gasteiger partial charge in [0.15, 0.2) is 0 Å². The van der Waals surface area contributed by atoms with Crippen molar-refractivity contribution in [3.05, 3.63) is 29.3 Å². The quantitative estimate of drug-likeness (QED) is 0.137. The van der Waals surface area contributed by atoms with E-state index in [2.05, 4.69) is 16.0 Å². The zero-order valence-electron chi connectivity index (χ0n) is 24.8. The largest absolute Gasteiger partial charge is 0.459 e. The van der Waals surface area contributed by atoms with Crippen LogP contribution in [0.4, 0.5) is 5.69 Å². The van der Waals surface area contributed by atoms with E-state index in [0.29, 0.717) is 18.8 Å². The molecule has 12 heteroatoms. The second kappa shape index (κ2) is 14.9. The van der Waals surface area contributed by atoms with Crippen LogP contribution >= 0.6 is 0 Å². The van der Waals surface area contributed by atoms with E-state index in [-0.39, 0.29) is 42.7 Å². The number of hydrogen-bond donors (Lipinski definition) is 4. The van der Waals surface area contributed by atoms with Crippen molar-refractivity contribution in [3.8, 4) is 0 Å². The van der Waals surface area contributed by atoms with Crippen LogP contribution in [0.5, 0.6) is 0 Å². The first-order valence-corrected chi connectivity index (χ1v) is 14.7. The van der Waals surface area contributed by atoms with Crippen LogP contribution in [0.1, 0.15) is 106 Å². The summed E-state index contributed by atoms with van der Waals surface area (Å²) in [6.45, 7) is 6.50. The number of esters is 1. The highest BCUT2D eigenvalue weighted by Crippen LogP contribution is 2.32. The lowest BCUT2D eigenvalue weighted by molar-refractivity contribution is -0.156. The predicted molar refractivity (Wildman–Crippen MR) is 155 cm³/mol. The smallest absolute Gasteiger partial charge is 0.323 e. The number of fused-ring (bicyclic) bond motifs is 1. The number of ether oxygens (including phenoxy) is 1. The molecule has 12 nitrogen and oxygen atoms in total. The molecule has 0 aromatic heterocycles. The number of carbonyl (C=O) groups is 6. The first kappa shape index (κ1) is 32.7. The Labute approximate surface area is 246 Å². The fourth-order valence-corrected chi connectivity index (χ4v) is 4.94. The van der Waals surface area contributed by atoms with Gasteiger partial charge in [-0.2, -0.15) is 0 Å². The molecule has 2 aliphatic rings. The highest BCUT2D eigenvalue weighted by Gasteiger charge is 2.45. The third-order valence-electron chi connectivity index (χ3n) is 7.10. The molecule has 5 N–H and O–H groups in total. The Morgan fingerprint density at radius 2 is 1.69 bits per heavy atom. The van der Waals surface area contributed by atoms with E-state index in [1.54, 1.807) is 39.0 Å². The summed E-state index contributed by atoms with van der Waals surface area (Å²) in [6, 6.07) is 3.22. The number of rotatable bonds is 15. The van der Waals surface area contributed by atoms with Crippen molar-refractivity contribution in [2.24, 2.45) is 5.73 Å². The molecule has 0 radical (unpaired) electrons. The minimum atomic E-state index is -0.987. The number of amides is 5. The summed E-state index contributed by atoms with van der Waals surface area (Å²) >= 11 is 0. The van der Waals surface area contributed by atoms with Crippen molar-refractivity contribution in [3.63, 3.8) is 0 Å². The number of imide groups is 2. The monoisotopic (exact) mass is 585 g/mol. The summed E-state index contributed by atoms with van der Waals surface area (Å²) in [4.78, 5) is 74.7. The minimum Gasteiger partial charge on any atom is -0.459 e. The first-order valence-electron chi connectivity index (χ1n) is 14.7. The second-order valence-corrected chi connectivity index (χ2v) is 11.8. The van der Waals surface area contributed by atoms with E-state index in [9.17, 15) is 28.8 Å². The predicted octanol–water partition coefficient (Wildman–Crippen LogP) is 2.41. The highest BCUT2D eigenvalue weighted by atomic mass is 16.6. The highest BCUT2D eigenvalue weighted by molar-refractivity contribution is 6.25. The van der Waals surface area contributed by atoms with Crippen molar-refractivity contribution < 1.29 is 33.5 Å². The van der Waals surface area contributed by atoms with Crippen molar-refractivity contribution in [1.82, 2.24) is 15.5 Å². The SMILES string of the molecule is CC(C)(C)OC(=O)[C@@H](N)CCC(=O)NCCCCCCCCNc1cccc2c1C(=O)N(C1CCC(=O)NC1=O)C2=O. The Kier molecular flexibility index (Phi) is 11.6. The number of nitrogens with zero attached hydrogens (tertiary/aromatic N) is 1. The molecule has 5 amide bonds. The van der Waals surface area contributed by atoms with Crippen LogP contribution in [0, 0.1) is 0 Å². The van der Waals surface area contributed by atoms with Crippen molar-refractivity contribution in [2.45, 2.75) is 103 Å².